The summed E-state index contributed by atoms with van der Waals surface area (Å²) in [6.07, 6.45) is 0. The molecule has 8 heteroatoms. The third-order valence-corrected chi connectivity index (χ3v) is 4.84. The van der Waals surface area contributed by atoms with E-state index in [1.165, 1.54) is 6.07 Å². The average Bonchev–Trinajstić information content (AvgIpc) is 2.53. The molecule has 0 aliphatic rings. The molecule has 3 amide bonds. The van der Waals surface area contributed by atoms with Gasteiger partial charge in [-0.15, -0.1) is 0 Å². The minimum absolute atomic E-state index is 0.0280. The molecule has 2 aromatic rings. The lowest BCUT2D eigenvalue weighted by Crippen LogP contribution is -2.41. The van der Waals surface area contributed by atoms with Gasteiger partial charge < -0.3 is 10.6 Å². The van der Waals surface area contributed by atoms with Crippen LogP contribution in [0.15, 0.2) is 53.4 Å². The van der Waals surface area contributed by atoms with Crippen LogP contribution in [-0.2, 0) is 14.8 Å². The predicted molar refractivity (Wildman–Crippen MR) is 94.7 cm³/mol. The summed E-state index contributed by atoms with van der Waals surface area (Å²) >= 11 is 0. The van der Waals surface area contributed by atoms with Gasteiger partial charge in [0, 0.05) is 5.69 Å². The monoisotopic (exact) mass is 361 g/mol. The second-order valence-corrected chi connectivity index (χ2v) is 7.12. The summed E-state index contributed by atoms with van der Waals surface area (Å²) in [5.74, 6) is -0.830. The topological polar surface area (TPSA) is 104 Å². The van der Waals surface area contributed by atoms with E-state index < -0.39 is 28.5 Å². The number of sulfonamides is 1. The zero-order valence-corrected chi connectivity index (χ0v) is 14.7. The molecule has 132 valence electrons. The zero-order valence-electron chi connectivity index (χ0n) is 13.9. The van der Waals surface area contributed by atoms with Crippen LogP contribution in [0.25, 0.3) is 0 Å². The van der Waals surface area contributed by atoms with E-state index in [2.05, 4.69) is 10.6 Å². The number of nitrogens with one attached hydrogen (secondary N) is 3. The molecule has 25 heavy (non-hydrogen) atoms. The van der Waals surface area contributed by atoms with Gasteiger partial charge in [0.2, 0.25) is 0 Å². The van der Waals surface area contributed by atoms with Crippen LogP contribution in [0.2, 0.25) is 0 Å². The quantitative estimate of drug-likeness (QED) is 0.757. The van der Waals surface area contributed by atoms with Gasteiger partial charge in [-0.1, -0.05) is 35.9 Å². The zero-order chi connectivity index (χ0) is 18.4. The fourth-order valence-electron chi connectivity index (χ4n) is 2.20. The lowest BCUT2D eigenvalue weighted by atomic mass is 10.2. The molecule has 0 bridgehead atoms. The Labute approximate surface area is 146 Å². The number of hydrogen-bond acceptors (Lipinski definition) is 4. The standard InChI is InChI=1S/C17H19N3O4S/c1-12-8-9-15(13(2)10-12)25(23,24)20-16(21)11-18-17(22)19-14-6-4-3-5-7-14/h3-10H,11H2,1-2H3,(H,20,21)(H2,18,19,22). The van der Waals surface area contributed by atoms with Crippen LogP contribution in [-0.4, -0.2) is 26.9 Å². The number of amides is 3. The van der Waals surface area contributed by atoms with E-state index in [9.17, 15) is 18.0 Å². The van der Waals surface area contributed by atoms with Crippen LogP contribution in [0.5, 0.6) is 0 Å². The molecule has 3 N–H and O–H groups in total. The fraction of sp³-hybridized carbons (Fsp3) is 0.176. The van der Waals surface area contributed by atoms with Crippen molar-refractivity contribution in [2.45, 2.75) is 18.7 Å². The molecule has 0 saturated carbocycles. The maximum Gasteiger partial charge on any atom is 0.319 e. The number of rotatable bonds is 5. The number of hydrogen-bond donors (Lipinski definition) is 3. The second kappa shape index (κ2) is 7.80. The normalized spacial score (nSPS) is 10.8. The van der Waals surface area contributed by atoms with Gasteiger partial charge in [0.1, 0.15) is 0 Å². The van der Waals surface area contributed by atoms with Crippen molar-refractivity contribution >= 4 is 27.6 Å². The van der Waals surface area contributed by atoms with Gasteiger partial charge in [-0.25, -0.2) is 17.9 Å². The van der Waals surface area contributed by atoms with Gasteiger partial charge in [-0.2, -0.15) is 0 Å². The van der Waals surface area contributed by atoms with Crippen molar-refractivity contribution in [2.75, 3.05) is 11.9 Å². The van der Waals surface area contributed by atoms with E-state index in [0.717, 1.165) is 5.56 Å². The van der Waals surface area contributed by atoms with E-state index >= 15 is 0 Å². The first-order chi connectivity index (χ1) is 11.8. The van der Waals surface area contributed by atoms with Crippen molar-refractivity contribution in [1.82, 2.24) is 10.0 Å². The van der Waals surface area contributed by atoms with Crippen LogP contribution in [0, 0.1) is 13.8 Å². The molecule has 0 aliphatic heterocycles. The van der Waals surface area contributed by atoms with E-state index in [1.807, 2.05) is 11.6 Å². The highest BCUT2D eigenvalue weighted by Gasteiger charge is 2.20. The summed E-state index contributed by atoms with van der Waals surface area (Å²) in [4.78, 5) is 23.6. The van der Waals surface area contributed by atoms with Crippen molar-refractivity contribution in [2.24, 2.45) is 0 Å². The van der Waals surface area contributed by atoms with Gasteiger partial charge in [-0.3, -0.25) is 4.79 Å². The molecule has 0 spiro atoms. The summed E-state index contributed by atoms with van der Waals surface area (Å²) in [6, 6.07) is 12.9. The van der Waals surface area contributed by atoms with E-state index in [1.54, 1.807) is 49.4 Å². The molecule has 0 heterocycles. The van der Waals surface area contributed by atoms with Crippen molar-refractivity contribution in [3.8, 4) is 0 Å². The molecule has 0 fully saturated rings. The third-order valence-electron chi connectivity index (χ3n) is 3.31. The SMILES string of the molecule is Cc1ccc(S(=O)(=O)NC(=O)CNC(=O)Nc2ccccc2)c(C)c1. The van der Waals surface area contributed by atoms with Gasteiger partial charge in [0.25, 0.3) is 15.9 Å². The maximum atomic E-state index is 12.3. The summed E-state index contributed by atoms with van der Waals surface area (Å²) in [6.45, 7) is 3.03. The number of carbonyl (C=O) groups excluding carboxylic acids is 2. The maximum absolute atomic E-state index is 12.3. The van der Waals surface area contributed by atoms with Crippen LogP contribution in [0.3, 0.4) is 0 Å². The number of urea groups is 1. The van der Waals surface area contributed by atoms with Crippen LogP contribution >= 0.6 is 0 Å². The highest BCUT2D eigenvalue weighted by molar-refractivity contribution is 7.90. The molecule has 0 radical (unpaired) electrons. The Bertz CT molecular complexity index is 880. The highest BCUT2D eigenvalue weighted by atomic mass is 32.2. The first-order valence-electron chi connectivity index (χ1n) is 7.51. The molecule has 0 atom stereocenters. The Balaban J connectivity index is 1.92. The molecule has 2 rings (SSSR count). The predicted octanol–water partition coefficient (Wildman–Crippen LogP) is 1.93. The Hall–Kier alpha value is -2.87. The highest BCUT2D eigenvalue weighted by Crippen LogP contribution is 2.16. The lowest BCUT2D eigenvalue weighted by Gasteiger charge is -2.11. The summed E-state index contributed by atoms with van der Waals surface area (Å²) in [7, 11) is -3.98. The number of carbonyl (C=O) groups is 2. The number of aryl methyl sites for hydroxylation is 2. The minimum atomic E-state index is -3.98. The van der Waals surface area contributed by atoms with Crippen molar-refractivity contribution in [1.29, 1.82) is 0 Å². The van der Waals surface area contributed by atoms with Gasteiger partial charge in [0.05, 0.1) is 11.4 Å². The second-order valence-electron chi connectivity index (χ2n) is 5.47. The molecule has 0 unspecified atom stereocenters. The van der Waals surface area contributed by atoms with E-state index in [0.29, 0.717) is 11.3 Å². The molecule has 0 saturated heterocycles. The first-order valence-corrected chi connectivity index (χ1v) is 8.99. The smallest absolute Gasteiger partial charge is 0.319 e. The van der Waals surface area contributed by atoms with Crippen molar-refractivity contribution in [3.05, 3.63) is 59.7 Å². The Morgan fingerprint density at radius 3 is 2.32 bits per heavy atom. The third kappa shape index (κ3) is 5.32. The lowest BCUT2D eigenvalue weighted by molar-refractivity contribution is -0.118. The van der Waals surface area contributed by atoms with E-state index in [4.69, 9.17) is 0 Å². The molecule has 2 aromatic carbocycles. The average molecular weight is 361 g/mol. The first kappa shape index (κ1) is 18.5. The Morgan fingerprint density at radius 1 is 1.00 bits per heavy atom. The summed E-state index contributed by atoms with van der Waals surface area (Å²) < 4.78 is 26.4. The van der Waals surface area contributed by atoms with Gasteiger partial charge in [-0.05, 0) is 37.6 Å². The Kier molecular flexibility index (Phi) is 5.76. The summed E-state index contributed by atoms with van der Waals surface area (Å²) in [5, 5.41) is 4.83. The van der Waals surface area contributed by atoms with Crippen LogP contribution < -0.4 is 15.4 Å². The van der Waals surface area contributed by atoms with Crippen LogP contribution in [0.4, 0.5) is 10.5 Å². The molecule has 7 nitrogen and oxygen atoms in total. The van der Waals surface area contributed by atoms with Gasteiger partial charge >= 0.3 is 6.03 Å². The Morgan fingerprint density at radius 2 is 1.68 bits per heavy atom. The largest absolute Gasteiger partial charge is 0.329 e. The van der Waals surface area contributed by atoms with Crippen molar-refractivity contribution in [3.63, 3.8) is 0 Å². The molecular formula is C17H19N3O4S. The van der Waals surface area contributed by atoms with E-state index in [-0.39, 0.29) is 4.90 Å². The van der Waals surface area contributed by atoms with Gasteiger partial charge in [0.15, 0.2) is 0 Å². The minimum Gasteiger partial charge on any atom is -0.329 e. The fourth-order valence-corrected chi connectivity index (χ4v) is 3.41. The molecule has 0 aromatic heterocycles. The summed E-state index contributed by atoms with van der Waals surface area (Å²) in [5.41, 5.74) is 2.01. The molecular weight excluding hydrogens is 342 g/mol. The number of benzene rings is 2. The van der Waals surface area contributed by atoms with Crippen molar-refractivity contribution < 1.29 is 18.0 Å². The number of anilines is 1. The van der Waals surface area contributed by atoms with Crippen LogP contribution in [0.1, 0.15) is 11.1 Å². The number of para-hydroxylation sites is 1. The molecule has 0 aliphatic carbocycles.